The Morgan fingerprint density at radius 1 is 1.73 bits per heavy atom. The van der Waals surface area contributed by atoms with Gasteiger partial charge in [0.2, 0.25) is 5.91 Å². The van der Waals surface area contributed by atoms with Gasteiger partial charge >= 0.3 is 5.97 Å². The summed E-state index contributed by atoms with van der Waals surface area (Å²) in [7, 11) is 1.78. The maximum absolute atomic E-state index is 11.2. The number of likely N-dealkylation sites (N-methyl/N-ethyl adjacent to an activating group) is 1. The summed E-state index contributed by atoms with van der Waals surface area (Å²) in [4.78, 5) is 23.0. The van der Waals surface area contributed by atoms with E-state index in [-0.39, 0.29) is 11.9 Å². The SMILES string of the molecule is CN1CC(NC/C=C/C(=O)O)CCC1=O. The number of carbonyl (C=O) groups excluding carboxylic acids is 1. The summed E-state index contributed by atoms with van der Waals surface area (Å²) >= 11 is 0. The minimum absolute atomic E-state index is 0.175. The number of nitrogens with one attached hydrogen (secondary N) is 1. The molecule has 1 amide bonds. The van der Waals surface area contributed by atoms with Crippen molar-refractivity contribution in [2.45, 2.75) is 18.9 Å². The predicted octanol–water partition coefficient (Wildman–Crippen LogP) is -0.162. The number of hydrogen-bond acceptors (Lipinski definition) is 3. The van der Waals surface area contributed by atoms with Crippen LogP contribution in [0.1, 0.15) is 12.8 Å². The van der Waals surface area contributed by atoms with Gasteiger partial charge in [0.1, 0.15) is 0 Å². The number of carboxylic acids is 1. The second-order valence-corrected chi connectivity index (χ2v) is 3.66. The molecule has 1 unspecified atom stereocenters. The van der Waals surface area contributed by atoms with E-state index < -0.39 is 5.97 Å². The van der Waals surface area contributed by atoms with E-state index in [2.05, 4.69) is 5.32 Å². The van der Waals surface area contributed by atoms with Crippen molar-refractivity contribution in [1.29, 1.82) is 0 Å². The number of nitrogens with zero attached hydrogens (tertiary/aromatic N) is 1. The van der Waals surface area contributed by atoms with Gasteiger partial charge in [0, 0.05) is 38.7 Å². The molecule has 5 nitrogen and oxygen atoms in total. The predicted molar refractivity (Wildman–Crippen MR) is 55.4 cm³/mol. The number of carboxylic acid groups (broad SMARTS) is 1. The number of piperidine rings is 1. The highest BCUT2D eigenvalue weighted by Gasteiger charge is 2.21. The molecule has 2 N–H and O–H groups in total. The molecule has 1 aliphatic rings. The van der Waals surface area contributed by atoms with E-state index in [0.717, 1.165) is 12.5 Å². The van der Waals surface area contributed by atoms with Crippen molar-refractivity contribution in [2.75, 3.05) is 20.1 Å². The highest BCUT2D eigenvalue weighted by Crippen LogP contribution is 2.08. The minimum atomic E-state index is -0.937. The van der Waals surface area contributed by atoms with Crippen molar-refractivity contribution in [2.24, 2.45) is 0 Å². The lowest BCUT2D eigenvalue weighted by Crippen LogP contribution is -2.46. The maximum Gasteiger partial charge on any atom is 0.328 e. The van der Waals surface area contributed by atoms with Crippen LogP contribution in [0.5, 0.6) is 0 Å². The van der Waals surface area contributed by atoms with Gasteiger partial charge in [-0.15, -0.1) is 0 Å². The molecule has 0 aromatic carbocycles. The maximum atomic E-state index is 11.2. The molecule has 1 fully saturated rings. The molecular weight excluding hydrogens is 196 g/mol. The van der Waals surface area contributed by atoms with Gasteiger partial charge in [0.15, 0.2) is 0 Å². The van der Waals surface area contributed by atoms with Crippen LogP contribution in [-0.4, -0.2) is 48.1 Å². The van der Waals surface area contributed by atoms with E-state index in [1.54, 1.807) is 18.0 Å². The number of hydrogen-bond donors (Lipinski definition) is 2. The second kappa shape index (κ2) is 5.50. The molecule has 1 aliphatic heterocycles. The lowest BCUT2D eigenvalue weighted by Gasteiger charge is -2.29. The molecule has 15 heavy (non-hydrogen) atoms. The van der Waals surface area contributed by atoms with Crippen LogP contribution in [0.3, 0.4) is 0 Å². The number of amides is 1. The molecule has 1 rings (SSSR count). The van der Waals surface area contributed by atoms with Gasteiger partial charge in [-0.05, 0) is 6.42 Å². The third-order valence-electron chi connectivity index (χ3n) is 2.41. The first-order valence-electron chi connectivity index (χ1n) is 4.96. The monoisotopic (exact) mass is 212 g/mol. The molecule has 0 spiro atoms. The molecule has 1 heterocycles. The largest absolute Gasteiger partial charge is 0.478 e. The zero-order chi connectivity index (χ0) is 11.3. The Bertz CT molecular complexity index is 276. The molecule has 0 aromatic heterocycles. The summed E-state index contributed by atoms with van der Waals surface area (Å²) in [5.41, 5.74) is 0. The summed E-state index contributed by atoms with van der Waals surface area (Å²) in [6, 6.07) is 0.270. The van der Waals surface area contributed by atoms with Crippen LogP contribution in [0.25, 0.3) is 0 Å². The van der Waals surface area contributed by atoms with Gasteiger partial charge in [0.05, 0.1) is 0 Å². The normalized spacial score (nSPS) is 22.3. The summed E-state index contributed by atoms with van der Waals surface area (Å²) in [5.74, 6) is -0.762. The molecule has 1 atom stereocenters. The van der Waals surface area contributed by atoms with Crippen molar-refractivity contribution in [3.05, 3.63) is 12.2 Å². The first-order chi connectivity index (χ1) is 7.09. The third kappa shape index (κ3) is 4.12. The lowest BCUT2D eigenvalue weighted by molar-refractivity contribution is -0.132. The fraction of sp³-hybridized carbons (Fsp3) is 0.600. The Labute approximate surface area is 88.8 Å². The zero-order valence-corrected chi connectivity index (χ0v) is 8.77. The number of likely N-dealkylation sites (tertiary alicyclic amines) is 1. The summed E-state index contributed by atoms with van der Waals surface area (Å²) in [5, 5.41) is 11.5. The Balaban J connectivity index is 2.23. The number of rotatable bonds is 4. The van der Waals surface area contributed by atoms with Crippen molar-refractivity contribution in [3.63, 3.8) is 0 Å². The van der Waals surface area contributed by atoms with Crippen molar-refractivity contribution in [3.8, 4) is 0 Å². The standard InChI is InChI=1S/C10H16N2O3/c1-12-7-8(4-5-9(12)13)11-6-2-3-10(14)15/h2-3,8,11H,4-7H2,1H3,(H,14,15)/b3-2+. The zero-order valence-electron chi connectivity index (χ0n) is 8.77. The topological polar surface area (TPSA) is 69.6 Å². The second-order valence-electron chi connectivity index (χ2n) is 3.66. The van der Waals surface area contributed by atoms with E-state index in [1.165, 1.54) is 0 Å². The van der Waals surface area contributed by atoms with Gasteiger partial charge in [-0.2, -0.15) is 0 Å². The first kappa shape index (κ1) is 11.7. The first-order valence-corrected chi connectivity index (χ1v) is 4.96. The van der Waals surface area contributed by atoms with Gasteiger partial charge in [0.25, 0.3) is 0 Å². The fourth-order valence-corrected chi connectivity index (χ4v) is 1.57. The van der Waals surface area contributed by atoms with Crippen LogP contribution in [0.2, 0.25) is 0 Å². The Kier molecular flexibility index (Phi) is 4.30. The molecule has 0 aromatic rings. The number of carbonyl (C=O) groups is 2. The van der Waals surface area contributed by atoms with Crippen molar-refractivity contribution < 1.29 is 14.7 Å². The highest BCUT2D eigenvalue weighted by atomic mass is 16.4. The van der Waals surface area contributed by atoms with Crippen LogP contribution in [0, 0.1) is 0 Å². The van der Waals surface area contributed by atoms with Gasteiger partial charge < -0.3 is 15.3 Å². The average Bonchev–Trinajstić information content (AvgIpc) is 2.18. The molecule has 84 valence electrons. The van der Waals surface area contributed by atoms with E-state index >= 15 is 0 Å². The quantitative estimate of drug-likeness (QED) is 0.635. The molecule has 1 saturated heterocycles. The molecule has 0 bridgehead atoms. The van der Waals surface area contributed by atoms with E-state index in [0.29, 0.717) is 19.5 Å². The average molecular weight is 212 g/mol. The van der Waals surface area contributed by atoms with Gasteiger partial charge in [-0.25, -0.2) is 4.79 Å². The van der Waals surface area contributed by atoms with Crippen LogP contribution in [-0.2, 0) is 9.59 Å². The van der Waals surface area contributed by atoms with Crippen LogP contribution < -0.4 is 5.32 Å². The lowest BCUT2D eigenvalue weighted by atomic mass is 10.1. The summed E-state index contributed by atoms with van der Waals surface area (Å²) in [6.45, 7) is 1.22. The Hall–Kier alpha value is -1.36. The van der Waals surface area contributed by atoms with Gasteiger partial charge in [-0.1, -0.05) is 6.08 Å². The molecule has 0 saturated carbocycles. The van der Waals surface area contributed by atoms with Crippen molar-refractivity contribution >= 4 is 11.9 Å². The smallest absolute Gasteiger partial charge is 0.328 e. The van der Waals surface area contributed by atoms with Crippen LogP contribution >= 0.6 is 0 Å². The molecule has 0 aliphatic carbocycles. The number of aliphatic carboxylic acids is 1. The minimum Gasteiger partial charge on any atom is -0.478 e. The summed E-state index contributed by atoms with van der Waals surface area (Å²) in [6.07, 6.45) is 4.07. The molecule has 5 heteroatoms. The Morgan fingerprint density at radius 2 is 2.47 bits per heavy atom. The van der Waals surface area contributed by atoms with Gasteiger partial charge in [-0.3, -0.25) is 4.79 Å². The van der Waals surface area contributed by atoms with E-state index in [9.17, 15) is 9.59 Å². The third-order valence-corrected chi connectivity index (χ3v) is 2.41. The summed E-state index contributed by atoms with van der Waals surface area (Å²) < 4.78 is 0. The van der Waals surface area contributed by atoms with Crippen LogP contribution in [0.15, 0.2) is 12.2 Å². The Morgan fingerprint density at radius 3 is 3.07 bits per heavy atom. The van der Waals surface area contributed by atoms with Crippen molar-refractivity contribution in [1.82, 2.24) is 10.2 Å². The molecular formula is C10H16N2O3. The highest BCUT2D eigenvalue weighted by molar-refractivity contribution is 5.79. The van der Waals surface area contributed by atoms with E-state index in [4.69, 9.17) is 5.11 Å². The van der Waals surface area contributed by atoms with Crippen LogP contribution in [0.4, 0.5) is 0 Å². The van der Waals surface area contributed by atoms with E-state index in [1.807, 2.05) is 0 Å². The fourth-order valence-electron chi connectivity index (χ4n) is 1.57. The molecule has 0 radical (unpaired) electrons.